The second-order valence-corrected chi connectivity index (χ2v) is 6.59. The maximum Gasteiger partial charge on any atom is 0.274 e. The predicted octanol–water partition coefficient (Wildman–Crippen LogP) is 3.58. The summed E-state index contributed by atoms with van der Waals surface area (Å²) in [6.07, 6.45) is 0. The molecule has 0 bridgehead atoms. The lowest BCUT2D eigenvalue weighted by atomic mass is 9.99. The number of amides is 1. The summed E-state index contributed by atoms with van der Waals surface area (Å²) in [6.45, 7) is 1.95. The van der Waals surface area contributed by atoms with Gasteiger partial charge >= 0.3 is 0 Å². The van der Waals surface area contributed by atoms with Gasteiger partial charge in [0, 0.05) is 12.4 Å². The lowest BCUT2D eigenvalue weighted by molar-refractivity contribution is 0.0935. The maximum atomic E-state index is 13.0. The van der Waals surface area contributed by atoms with Gasteiger partial charge in [0.1, 0.15) is 0 Å². The van der Waals surface area contributed by atoms with Gasteiger partial charge in [-0.2, -0.15) is 5.10 Å². The van der Waals surface area contributed by atoms with Crippen LogP contribution in [0, 0.1) is 0 Å². The van der Waals surface area contributed by atoms with E-state index >= 15 is 0 Å². The Bertz CT molecular complexity index is 1220. The topological polar surface area (TPSA) is 64.0 Å². The Hall–Kier alpha value is -3.47. The molecule has 0 fully saturated rings. The molecule has 3 aromatic carbocycles. The van der Waals surface area contributed by atoms with Gasteiger partial charge in [0.25, 0.3) is 11.5 Å². The van der Waals surface area contributed by atoms with Crippen LogP contribution in [0.4, 0.5) is 0 Å². The van der Waals surface area contributed by atoms with Crippen molar-refractivity contribution in [1.82, 2.24) is 15.1 Å². The van der Waals surface area contributed by atoms with Crippen LogP contribution >= 0.6 is 0 Å². The normalized spacial score (nSPS) is 12.2. The minimum absolute atomic E-state index is 0.207. The minimum Gasteiger partial charge on any atom is -0.344 e. The van der Waals surface area contributed by atoms with Crippen molar-refractivity contribution in [2.45, 2.75) is 13.0 Å². The molecule has 0 saturated carbocycles. The van der Waals surface area contributed by atoms with Crippen molar-refractivity contribution < 1.29 is 4.79 Å². The van der Waals surface area contributed by atoms with Gasteiger partial charge in [-0.15, -0.1) is 0 Å². The van der Waals surface area contributed by atoms with Gasteiger partial charge in [-0.05, 0) is 29.3 Å². The molecule has 5 heteroatoms. The lowest BCUT2D eigenvalue weighted by Crippen LogP contribution is -2.31. The van der Waals surface area contributed by atoms with Crippen LogP contribution in [-0.4, -0.2) is 15.7 Å². The molecular formula is C22H19N3O2. The first kappa shape index (κ1) is 17.0. The molecule has 134 valence electrons. The number of hydrogen-bond acceptors (Lipinski definition) is 3. The van der Waals surface area contributed by atoms with Crippen LogP contribution in [0.2, 0.25) is 0 Å². The first-order chi connectivity index (χ1) is 13.1. The summed E-state index contributed by atoms with van der Waals surface area (Å²) < 4.78 is 1.21. The zero-order valence-corrected chi connectivity index (χ0v) is 15.1. The molecule has 0 aliphatic carbocycles. The Kier molecular flexibility index (Phi) is 4.20. The van der Waals surface area contributed by atoms with Gasteiger partial charge < -0.3 is 5.32 Å². The molecular weight excluding hydrogens is 338 g/mol. The number of nitrogens with one attached hydrogen (secondary N) is 1. The van der Waals surface area contributed by atoms with Crippen LogP contribution in [0.5, 0.6) is 0 Å². The first-order valence-corrected chi connectivity index (χ1v) is 8.81. The van der Waals surface area contributed by atoms with E-state index in [1.54, 1.807) is 31.3 Å². The van der Waals surface area contributed by atoms with E-state index in [1.165, 1.54) is 4.68 Å². The van der Waals surface area contributed by atoms with Gasteiger partial charge in [0.05, 0.1) is 11.4 Å². The molecule has 27 heavy (non-hydrogen) atoms. The van der Waals surface area contributed by atoms with Crippen molar-refractivity contribution in [2.24, 2.45) is 7.05 Å². The van der Waals surface area contributed by atoms with Crippen LogP contribution < -0.4 is 10.9 Å². The van der Waals surface area contributed by atoms with Crippen LogP contribution in [-0.2, 0) is 7.05 Å². The van der Waals surface area contributed by atoms with Crippen molar-refractivity contribution >= 4 is 27.5 Å². The highest BCUT2D eigenvalue weighted by Crippen LogP contribution is 2.24. The van der Waals surface area contributed by atoms with Gasteiger partial charge in [-0.3, -0.25) is 9.59 Å². The number of aromatic nitrogens is 2. The zero-order chi connectivity index (χ0) is 19.0. The molecule has 5 nitrogen and oxygen atoms in total. The Morgan fingerprint density at radius 2 is 1.56 bits per heavy atom. The van der Waals surface area contributed by atoms with Gasteiger partial charge in [0.15, 0.2) is 5.69 Å². The molecule has 0 aliphatic rings. The molecule has 4 rings (SSSR count). The minimum atomic E-state index is -0.303. The Morgan fingerprint density at radius 3 is 2.33 bits per heavy atom. The van der Waals surface area contributed by atoms with Gasteiger partial charge in [-0.1, -0.05) is 60.7 Å². The van der Waals surface area contributed by atoms with Gasteiger partial charge in [0.2, 0.25) is 0 Å². The number of carbonyl (C=O) groups is 1. The van der Waals surface area contributed by atoms with E-state index in [4.69, 9.17) is 0 Å². The highest BCUT2D eigenvalue weighted by molar-refractivity contribution is 6.05. The van der Waals surface area contributed by atoms with E-state index in [2.05, 4.69) is 22.5 Å². The van der Waals surface area contributed by atoms with Crippen molar-refractivity contribution in [3.8, 4) is 0 Å². The van der Waals surface area contributed by atoms with E-state index in [0.717, 1.165) is 16.3 Å². The highest BCUT2D eigenvalue weighted by Gasteiger charge is 2.18. The molecule has 0 spiro atoms. The Balaban J connectivity index is 1.73. The summed E-state index contributed by atoms with van der Waals surface area (Å²) in [7, 11) is 1.56. The van der Waals surface area contributed by atoms with Crippen LogP contribution in [0.3, 0.4) is 0 Å². The van der Waals surface area contributed by atoms with Crippen molar-refractivity contribution in [3.05, 3.63) is 88.3 Å². The summed E-state index contributed by atoms with van der Waals surface area (Å²) in [5.74, 6) is -0.303. The third-order valence-corrected chi connectivity index (χ3v) is 4.81. The summed E-state index contributed by atoms with van der Waals surface area (Å²) in [5.41, 5.74) is 1.07. The Morgan fingerprint density at radius 1 is 0.926 bits per heavy atom. The number of hydrogen-bond donors (Lipinski definition) is 1. The van der Waals surface area contributed by atoms with Crippen molar-refractivity contribution in [3.63, 3.8) is 0 Å². The standard InChI is InChI=1S/C22H19N3O2/c1-14(16-13-7-9-15-8-3-4-10-17(15)16)23-21(26)20-18-11-5-6-12-19(18)22(27)25(2)24-20/h3-14H,1-2H3,(H,23,26). The molecule has 1 aromatic heterocycles. The largest absolute Gasteiger partial charge is 0.344 e. The molecule has 0 saturated heterocycles. The van der Waals surface area contributed by atoms with E-state index in [0.29, 0.717) is 10.8 Å². The average molecular weight is 357 g/mol. The second-order valence-electron chi connectivity index (χ2n) is 6.59. The van der Waals surface area contributed by atoms with E-state index < -0.39 is 0 Å². The summed E-state index contributed by atoms with van der Waals surface area (Å²) in [5, 5.41) is 10.5. The van der Waals surface area contributed by atoms with Crippen LogP contribution in [0.15, 0.2) is 71.5 Å². The molecule has 1 atom stereocenters. The number of nitrogens with zero attached hydrogens (tertiary/aromatic N) is 2. The molecule has 1 N–H and O–H groups in total. The lowest BCUT2D eigenvalue weighted by Gasteiger charge is -2.17. The third-order valence-electron chi connectivity index (χ3n) is 4.81. The molecule has 1 amide bonds. The van der Waals surface area contributed by atoms with E-state index in [-0.39, 0.29) is 23.2 Å². The fraction of sp³-hybridized carbons (Fsp3) is 0.136. The number of fused-ring (bicyclic) bond motifs is 2. The van der Waals surface area contributed by atoms with Crippen molar-refractivity contribution in [1.29, 1.82) is 0 Å². The van der Waals surface area contributed by atoms with Gasteiger partial charge in [-0.25, -0.2) is 4.68 Å². The average Bonchev–Trinajstić information content (AvgIpc) is 2.70. The first-order valence-electron chi connectivity index (χ1n) is 8.81. The molecule has 1 unspecified atom stereocenters. The Labute approximate surface area is 156 Å². The van der Waals surface area contributed by atoms with Crippen molar-refractivity contribution in [2.75, 3.05) is 0 Å². The SMILES string of the molecule is CC(NC(=O)c1nn(C)c(=O)c2ccccc12)c1cccc2ccccc12. The molecule has 4 aromatic rings. The van der Waals surface area contributed by atoms with E-state index in [9.17, 15) is 9.59 Å². The smallest absolute Gasteiger partial charge is 0.274 e. The fourth-order valence-corrected chi connectivity index (χ4v) is 3.44. The number of rotatable bonds is 3. The molecule has 0 aliphatic heterocycles. The predicted molar refractivity (Wildman–Crippen MR) is 107 cm³/mol. The number of benzene rings is 3. The zero-order valence-electron chi connectivity index (χ0n) is 15.1. The van der Waals surface area contributed by atoms with E-state index in [1.807, 2.05) is 37.3 Å². The monoisotopic (exact) mass is 357 g/mol. The second kappa shape index (κ2) is 6.68. The van der Waals surface area contributed by atoms with Crippen LogP contribution in [0.25, 0.3) is 21.5 Å². The quantitative estimate of drug-likeness (QED) is 0.609. The highest BCUT2D eigenvalue weighted by atomic mass is 16.2. The summed E-state index contributed by atoms with van der Waals surface area (Å²) in [6, 6.07) is 21.0. The third kappa shape index (κ3) is 2.97. The molecule has 0 radical (unpaired) electrons. The van der Waals surface area contributed by atoms with Crippen LogP contribution in [0.1, 0.15) is 29.0 Å². The number of aryl methyl sites for hydroxylation is 1. The molecule has 1 heterocycles. The number of carbonyl (C=O) groups excluding carboxylic acids is 1. The maximum absolute atomic E-state index is 13.0. The summed E-state index contributed by atoms with van der Waals surface area (Å²) >= 11 is 0. The fourth-order valence-electron chi connectivity index (χ4n) is 3.44. The summed E-state index contributed by atoms with van der Waals surface area (Å²) in [4.78, 5) is 25.2.